The van der Waals surface area contributed by atoms with Gasteiger partial charge in [-0.2, -0.15) is 0 Å². The Bertz CT molecular complexity index is 252. The number of hydrogen-bond acceptors (Lipinski definition) is 6. The summed E-state index contributed by atoms with van der Waals surface area (Å²) in [5.41, 5.74) is 0. The van der Waals surface area contributed by atoms with Crippen molar-refractivity contribution in [3.05, 3.63) is 10.1 Å². The van der Waals surface area contributed by atoms with Gasteiger partial charge in [-0.3, -0.25) is 4.79 Å². The molecule has 0 saturated carbocycles. The van der Waals surface area contributed by atoms with Crippen molar-refractivity contribution >= 4 is 21.9 Å². The average Bonchev–Trinajstić information content (AvgIpc) is 2.23. The second-order valence-electron chi connectivity index (χ2n) is 3.54. The van der Waals surface area contributed by atoms with Crippen LogP contribution in [0.3, 0.4) is 0 Å². The Hall–Kier alpha value is -0.890. The number of esters is 1. The van der Waals surface area contributed by atoms with Gasteiger partial charge in [0.25, 0.3) is 5.09 Å². The summed E-state index contributed by atoms with van der Waals surface area (Å²) in [5.74, 6) is -0.333. The molecule has 0 radical (unpaired) electrons. The first-order valence-electron chi connectivity index (χ1n) is 5.19. The molecule has 0 aliphatic rings. The summed E-state index contributed by atoms with van der Waals surface area (Å²) >= 11 is 3.23. The van der Waals surface area contributed by atoms with Crippen LogP contribution in [0, 0.1) is 10.1 Å². The molecule has 0 aromatic rings. The van der Waals surface area contributed by atoms with Crippen LogP contribution in [-0.4, -0.2) is 41.7 Å². The Labute approximate surface area is 108 Å². The first-order chi connectivity index (χ1) is 7.95. The fourth-order valence-corrected chi connectivity index (χ4v) is 1.46. The molecule has 17 heavy (non-hydrogen) atoms. The fraction of sp³-hybridized carbons (Fsp3) is 0.889. The maximum atomic E-state index is 10.7. The molecule has 0 saturated heterocycles. The van der Waals surface area contributed by atoms with Gasteiger partial charge in [0.1, 0.15) is 6.10 Å². The number of carbonyl (C=O) groups is 1. The number of alkyl halides is 1. The number of ether oxygens (including phenoxy) is 1. The van der Waals surface area contributed by atoms with Crippen molar-refractivity contribution in [2.75, 3.05) is 18.5 Å². The summed E-state index contributed by atoms with van der Waals surface area (Å²) in [5, 5.41) is 12.7. The van der Waals surface area contributed by atoms with Gasteiger partial charge in [0.05, 0.1) is 6.61 Å². The van der Waals surface area contributed by atoms with Gasteiger partial charge in [-0.25, -0.2) is 0 Å². The van der Waals surface area contributed by atoms with Crippen molar-refractivity contribution < 1.29 is 19.5 Å². The summed E-state index contributed by atoms with van der Waals surface area (Å²) in [4.78, 5) is 24.9. The van der Waals surface area contributed by atoms with E-state index >= 15 is 0 Å². The van der Waals surface area contributed by atoms with E-state index in [-0.39, 0.29) is 24.7 Å². The molecule has 2 unspecified atom stereocenters. The van der Waals surface area contributed by atoms with Crippen LogP contribution >= 0.6 is 15.9 Å². The van der Waals surface area contributed by atoms with Gasteiger partial charge in [-0.15, -0.1) is 10.1 Å². The highest BCUT2D eigenvalue weighted by molar-refractivity contribution is 9.09. The lowest BCUT2D eigenvalue weighted by Crippen LogP contribution is -2.37. The van der Waals surface area contributed by atoms with Crippen LogP contribution in [0.1, 0.15) is 20.3 Å². The van der Waals surface area contributed by atoms with Gasteiger partial charge >= 0.3 is 5.97 Å². The summed E-state index contributed by atoms with van der Waals surface area (Å²) in [6, 6.07) is 0.0482. The summed E-state index contributed by atoms with van der Waals surface area (Å²) in [6.45, 7) is 3.77. The number of rotatable bonds is 9. The van der Waals surface area contributed by atoms with Crippen molar-refractivity contribution in [1.29, 1.82) is 0 Å². The standard InChI is InChI=1S/C9H17BrN2O5/c1-7(3-4-16-12(14)15)11-6-9(5-10)17-8(2)13/h7,9,11H,3-6H2,1-2H3. The monoisotopic (exact) mass is 312 g/mol. The van der Waals surface area contributed by atoms with Gasteiger partial charge in [0.15, 0.2) is 0 Å². The average molecular weight is 313 g/mol. The van der Waals surface area contributed by atoms with Crippen molar-refractivity contribution in [2.24, 2.45) is 0 Å². The quantitative estimate of drug-likeness (QED) is 0.294. The van der Waals surface area contributed by atoms with E-state index in [9.17, 15) is 14.9 Å². The fourth-order valence-electron chi connectivity index (χ4n) is 1.10. The first-order valence-corrected chi connectivity index (χ1v) is 6.31. The minimum Gasteiger partial charge on any atom is -0.460 e. The molecule has 0 aliphatic heterocycles. The molecule has 0 bridgehead atoms. The molecular weight excluding hydrogens is 296 g/mol. The number of nitrogens with one attached hydrogen (secondary N) is 1. The lowest BCUT2D eigenvalue weighted by Gasteiger charge is -2.18. The van der Waals surface area contributed by atoms with Crippen molar-refractivity contribution in [3.8, 4) is 0 Å². The van der Waals surface area contributed by atoms with Crippen LogP contribution < -0.4 is 5.32 Å². The highest BCUT2D eigenvalue weighted by atomic mass is 79.9. The molecule has 0 aromatic heterocycles. The molecule has 0 rings (SSSR count). The van der Waals surface area contributed by atoms with E-state index in [1.54, 1.807) is 0 Å². The topological polar surface area (TPSA) is 90.7 Å². The molecule has 2 atom stereocenters. The van der Waals surface area contributed by atoms with E-state index in [1.807, 2.05) is 6.92 Å². The number of nitrogens with zero attached hydrogens (tertiary/aromatic N) is 1. The van der Waals surface area contributed by atoms with Gasteiger partial charge in [-0.1, -0.05) is 15.9 Å². The minimum absolute atomic E-state index is 0.0482. The zero-order valence-corrected chi connectivity index (χ0v) is 11.4. The highest BCUT2D eigenvalue weighted by Gasteiger charge is 2.12. The molecule has 0 fully saturated rings. The van der Waals surface area contributed by atoms with E-state index < -0.39 is 5.09 Å². The largest absolute Gasteiger partial charge is 0.460 e. The van der Waals surface area contributed by atoms with Crippen LogP contribution in [0.2, 0.25) is 0 Å². The lowest BCUT2D eigenvalue weighted by molar-refractivity contribution is -0.757. The van der Waals surface area contributed by atoms with E-state index in [2.05, 4.69) is 26.1 Å². The second kappa shape index (κ2) is 9.17. The molecule has 0 spiro atoms. The normalized spacial score (nSPS) is 13.8. The number of carbonyl (C=O) groups excluding carboxylic acids is 1. The molecule has 7 nitrogen and oxygen atoms in total. The van der Waals surface area contributed by atoms with Crippen LogP contribution in [0.4, 0.5) is 0 Å². The van der Waals surface area contributed by atoms with E-state index in [4.69, 9.17) is 4.74 Å². The maximum Gasteiger partial charge on any atom is 0.302 e. The minimum atomic E-state index is -0.813. The van der Waals surface area contributed by atoms with E-state index in [0.717, 1.165) is 0 Å². The van der Waals surface area contributed by atoms with Gasteiger partial charge in [-0.05, 0) is 13.3 Å². The molecule has 1 N–H and O–H groups in total. The van der Waals surface area contributed by atoms with Crippen molar-refractivity contribution in [2.45, 2.75) is 32.4 Å². The Balaban J connectivity index is 3.69. The lowest BCUT2D eigenvalue weighted by atomic mass is 10.2. The van der Waals surface area contributed by atoms with Crippen LogP contribution in [0.5, 0.6) is 0 Å². The maximum absolute atomic E-state index is 10.7. The Morgan fingerprint density at radius 3 is 2.71 bits per heavy atom. The van der Waals surface area contributed by atoms with Gasteiger partial charge in [0.2, 0.25) is 0 Å². The smallest absolute Gasteiger partial charge is 0.302 e. The van der Waals surface area contributed by atoms with Crippen molar-refractivity contribution in [1.82, 2.24) is 5.32 Å². The Morgan fingerprint density at radius 2 is 2.24 bits per heavy atom. The number of hydrogen-bond donors (Lipinski definition) is 1. The first kappa shape index (κ1) is 16.1. The third-order valence-corrected chi connectivity index (χ3v) is 2.67. The van der Waals surface area contributed by atoms with Crippen LogP contribution in [0.15, 0.2) is 0 Å². The SMILES string of the molecule is CC(=O)OC(CBr)CNC(C)CCO[N+](=O)[O-]. The number of halogens is 1. The Morgan fingerprint density at radius 1 is 1.59 bits per heavy atom. The zero-order valence-electron chi connectivity index (χ0n) is 9.85. The summed E-state index contributed by atoms with van der Waals surface area (Å²) in [7, 11) is 0. The summed E-state index contributed by atoms with van der Waals surface area (Å²) < 4.78 is 5.00. The third kappa shape index (κ3) is 10.0. The van der Waals surface area contributed by atoms with Crippen LogP contribution in [0.25, 0.3) is 0 Å². The van der Waals surface area contributed by atoms with E-state index in [1.165, 1.54) is 6.92 Å². The van der Waals surface area contributed by atoms with Gasteiger partial charge < -0.3 is 14.9 Å². The predicted molar refractivity (Wildman–Crippen MR) is 64.4 cm³/mol. The predicted octanol–water partition coefficient (Wildman–Crippen LogP) is 0.889. The molecule has 0 aromatic carbocycles. The summed E-state index contributed by atoms with van der Waals surface area (Å²) in [6.07, 6.45) is 0.266. The van der Waals surface area contributed by atoms with E-state index in [0.29, 0.717) is 18.3 Å². The molecule has 0 amide bonds. The molecule has 0 aliphatic carbocycles. The Kier molecular flexibility index (Phi) is 8.69. The molecular formula is C9H17BrN2O5. The molecule has 8 heteroatoms. The van der Waals surface area contributed by atoms with Crippen LogP contribution in [-0.2, 0) is 14.4 Å². The van der Waals surface area contributed by atoms with Gasteiger partial charge in [0, 0.05) is 24.8 Å². The van der Waals surface area contributed by atoms with Crippen molar-refractivity contribution in [3.63, 3.8) is 0 Å². The second-order valence-corrected chi connectivity index (χ2v) is 4.19. The molecule has 0 heterocycles. The molecule has 100 valence electrons. The highest BCUT2D eigenvalue weighted by Crippen LogP contribution is 1.99. The third-order valence-electron chi connectivity index (χ3n) is 1.95. The zero-order chi connectivity index (χ0) is 13.3.